The standard InChI is InChI=1S/C8H16N2O2.C6H10FNO2.C6H9NO2/c1-6(8(12)9-2)5-7(11)10(3)4;1-4(3-5(7)9)6(10)8-2;1-4-3-5(8)7(2)6(4)9/h6H,5H2,1-4H3,(H,9,12);4H,3H2,1-2H3,(H,8,10);4H,3H2,1-2H3. The molecule has 5 amide bonds. The summed E-state index contributed by atoms with van der Waals surface area (Å²) in [7, 11) is 7.90. The monoisotopic (exact) mass is 446 g/mol. The van der Waals surface area contributed by atoms with E-state index in [0.29, 0.717) is 6.42 Å². The predicted octanol–water partition coefficient (Wildman–Crippen LogP) is 0.113. The molecule has 1 fully saturated rings. The van der Waals surface area contributed by atoms with Gasteiger partial charge in [0.05, 0.1) is 0 Å². The largest absolute Gasteiger partial charge is 0.359 e. The van der Waals surface area contributed by atoms with Crippen molar-refractivity contribution in [3.63, 3.8) is 0 Å². The highest BCUT2D eigenvalue weighted by atomic mass is 19.1. The molecular weight excluding hydrogens is 411 g/mol. The number of likely N-dealkylation sites (tertiary alicyclic amines) is 1. The number of amides is 5. The highest BCUT2D eigenvalue weighted by Crippen LogP contribution is 2.15. The number of carbonyl (C=O) groups is 6. The van der Waals surface area contributed by atoms with E-state index in [4.69, 9.17) is 0 Å². The van der Waals surface area contributed by atoms with Crippen molar-refractivity contribution in [2.45, 2.75) is 40.0 Å². The average molecular weight is 447 g/mol. The number of nitrogens with one attached hydrogen (secondary N) is 2. The van der Waals surface area contributed by atoms with Crippen molar-refractivity contribution in [1.29, 1.82) is 0 Å². The Morgan fingerprint density at radius 1 is 1.03 bits per heavy atom. The minimum Gasteiger partial charge on any atom is -0.359 e. The first-order valence-electron chi connectivity index (χ1n) is 9.81. The van der Waals surface area contributed by atoms with E-state index < -0.39 is 12.0 Å². The van der Waals surface area contributed by atoms with Crippen LogP contribution in [-0.2, 0) is 28.8 Å². The van der Waals surface area contributed by atoms with Gasteiger partial charge in [-0.25, -0.2) is 0 Å². The fourth-order valence-corrected chi connectivity index (χ4v) is 2.30. The lowest BCUT2D eigenvalue weighted by Crippen LogP contribution is -2.31. The van der Waals surface area contributed by atoms with E-state index >= 15 is 0 Å². The SMILES string of the molecule is CC1CC(=O)N(C)C1=O.CNC(=O)C(C)CC(=O)F.CNC(=O)C(C)CC(=O)N(C)C. The van der Waals surface area contributed by atoms with Gasteiger partial charge in [-0.2, -0.15) is 4.39 Å². The van der Waals surface area contributed by atoms with Gasteiger partial charge in [-0.1, -0.05) is 20.8 Å². The molecule has 0 saturated carbocycles. The maximum Gasteiger partial charge on any atom is 0.302 e. The number of hydrogen-bond donors (Lipinski definition) is 2. The molecule has 1 rings (SSSR count). The van der Waals surface area contributed by atoms with Gasteiger partial charge in [-0.3, -0.25) is 33.7 Å². The zero-order valence-corrected chi connectivity index (χ0v) is 19.6. The molecule has 31 heavy (non-hydrogen) atoms. The molecule has 0 aromatic rings. The molecule has 0 aliphatic carbocycles. The van der Waals surface area contributed by atoms with Crippen LogP contribution in [0.1, 0.15) is 40.0 Å². The summed E-state index contributed by atoms with van der Waals surface area (Å²) in [6.45, 7) is 5.00. The molecule has 3 atom stereocenters. The van der Waals surface area contributed by atoms with Crippen LogP contribution in [0.2, 0.25) is 0 Å². The van der Waals surface area contributed by atoms with Crippen LogP contribution in [0, 0.1) is 17.8 Å². The van der Waals surface area contributed by atoms with Crippen molar-refractivity contribution >= 4 is 35.6 Å². The van der Waals surface area contributed by atoms with Crippen LogP contribution in [0.3, 0.4) is 0 Å². The van der Waals surface area contributed by atoms with Gasteiger partial charge in [0.2, 0.25) is 29.5 Å². The van der Waals surface area contributed by atoms with Gasteiger partial charge in [-0.05, 0) is 0 Å². The Morgan fingerprint density at radius 3 is 1.68 bits per heavy atom. The van der Waals surface area contributed by atoms with Crippen LogP contribution < -0.4 is 10.6 Å². The Kier molecular flexibility index (Phi) is 14.7. The summed E-state index contributed by atoms with van der Waals surface area (Å²) in [5.41, 5.74) is 0. The quantitative estimate of drug-likeness (QED) is 0.440. The van der Waals surface area contributed by atoms with Gasteiger partial charge in [0, 0.05) is 72.3 Å². The van der Waals surface area contributed by atoms with E-state index in [1.165, 1.54) is 30.8 Å². The Hall–Kier alpha value is -2.85. The molecule has 1 saturated heterocycles. The smallest absolute Gasteiger partial charge is 0.302 e. The first kappa shape index (κ1) is 30.3. The van der Waals surface area contributed by atoms with Crippen molar-refractivity contribution in [3.05, 3.63) is 0 Å². The third-order valence-corrected chi connectivity index (χ3v) is 4.44. The molecule has 0 radical (unpaired) electrons. The van der Waals surface area contributed by atoms with Gasteiger partial charge in [0.1, 0.15) is 0 Å². The molecule has 10 nitrogen and oxygen atoms in total. The maximum atomic E-state index is 11.6. The van der Waals surface area contributed by atoms with Crippen LogP contribution in [-0.4, -0.2) is 80.6 Å². The van der Waals surface area contributed by atoms with Crippen LogP contribution in [0.25, 0.3) is 0 Å². The van der Waals surface area contributed by atoms with Crippen molar-refractivity contribution in [3.8, 4) is 0 Å². The second-order valence-electron chi connectivity index (χ2n) is 7.48. The Morgan fingerprint density at radius 2 is 1.45 bits per heavy atom. The van der Waals surface area contributed by atoms with Crippen molar-refractivity contribution in [2.75, 3.05) is 35.2 Å². The molecule has 3 unspecified atom stereocenters. The lowest BCUT2D eigenvalue weighted by molar-refractivity contribution is -0.137. The lowest BCUT2D eigenvalue weighted by Gasteiger charge is -2.13. The Balaban J connectivity index is 0. The van der Waals surface area contributed by atoms with E-state index in [1.54, 1.807) is 35.0 Å². The van der Waals surface area contributed by atoms with E-state index in [0.717, 1.165) is 0 Å². The van der Waals surface area contributed by atoms with E-state index in [2.05, 4.69) is 10.6 Å². The van der Waals surface area contributed by atoms with Gasteiger partial charge in [0.25, 0.3) is 0 Å². The maximum absolute atomic E-state index is 11.6. The second kappa shape index (κ2) is 15.0. The summed E-state index contributed by atoms with van der Waals surface area (Å²) < 4.78 is 11.6. The minimum absolute atomic E-state index is 0.0221. The van der Waals surface area contributed by atoms with Crippen molar-refractivity contribution in [1.82, 2.24) is 20.4 Å². The highest BCUT2D eigenvalue weighted by molar-refractivity contribution is 6.02. The lowest BCUT2D eigenvalue weighted by atomic mass is 10.1. The van der Waals surface area contributed by atoms with Gasteiger partial charge < -0.3 is 15.5 Å². The normalized spacial score (nSPS) is 16.7. The zero-order chi connectivity index (χ0) is 24.9. The van der Waals surface area contributed by atoms with Gasteiger partial charge in [0.15, 0.2) is 0 Å². The van der Waals surface area contributed by atoms with E-state index in [-0.39, 0.29) is 54.2 Å². The van der Waals surface area contributed by atoms with Crippen LogP contribution >= 0.6 is 0 Å². The molecule has 1 heterocycles. The van der Waals surface area contributed by atoms with Crippen molar-refractivity contribution < 1.29 is 33.2 Å². The van der Waals surface area contributed by atoms with E-state index in [9.17, 15) is 33.2 Å². The summed E-state index contributed by atoms with van der Waals surface area (Å²) in [6.07, 6.45) is 0.321. The number of halogens is 1. The Bertz CT molecular complexity index is 668. The average Bonchev–Trinajstić information content (AvgIpc) is 2.92. The first-order chi connectivity index (χ1) is 14.2. The summed E-state index contributed by atoms with van der Waals surface area (Å²) in [4.78, 5) is 66.7. The summed E-state index contributed by atoms with van der Waals surface area (Å²) in [5, 5.41) is 4.81. The molecule has 0 aromatic heterocycles. The van der Waals surface area contributed by atoms with Crippen LogP contribution in [0.5, 0.6) is 0 Å². The van der Waals surface area contributed by atoms with Crippen LogP contribution in [0.4, 0.5) is 4.39 Å². The molecule has 0 bridgehead atoms. The molecular formula is C20H35FN4O6. The number of imide groups is 1. The van der Waals surface area contributed by atoms with Crippen LogP contribution in [0.15, 0.2) is 0 Å². The molecule has 0 spiro atoms. The number of rotatable bonds is 6. The summed E-state index contributed by atoms with van der Waals surface area (Å²) >= 11 is 0. The number of carbonyl (C=O) groups excluding carboxylic acids is 6. The fraction of sp³-hybridized carbons (Fsp3) is 0.700. The molecule has 178 valence electrons. The first-order valence-corrected chi connectivity index (χ1v) is 9.81. The molecule has 1 aliphatic heterocycles. The molecule has 11 heteroatoms. The summed E-state index contributed by atoms with van der Waals surface area (Å²) in [5.74, 6) is -1.45. The predicted molar refractivity (Wildman–Crippen MR) is 112 cm³/mol. The third kappa shape index (κ3) is 12.4. The number of hydrogen-bond acceptors (Lipinski definition) is 6. The fourth-order valence-electron chi connectivity index (χ4n) is 2.30. The van der Waals surface area contributed by atoms with Gasteiger partial charge >= 0.3 is 6.04 Å². The molecule has 2 N–H and O–H groups in total. The number of nitrogens with zero attached hydrogens (tertiary/aromatic N) is 2. The zero-order valence-electron chi connectivity index (χ0n) is 19.6. The van der Waals surface area contributed by atoms with E-state index in [1.807, 2.05) is 0 Å². The summed E-state index contributed by atoms with van der Waals surface area (Å²) in [6, 6.07) is -1.45. The van der Waals surface area contributed by atoms with Gasteiger partial charge in [-0.15, -0.1) is 0 Å². The molecule has 1 aliphatic rings. The Labute approximate surface area is 182 Å². The topological polar surface area (TPSA) is 133 Å². The molecule has 0 aromatic carbocycles. The third-order valence-electron chi connectivity index (χ3n) is 4.44. The minimum atomic E-state index is -1.45. The highest BCUT2D eigenvalue weighted by Gasteiger charge is 2.32. The van der Waals surface area contributed by atoms with Crippen molar-refractivity contribution in [2.24, 2.45) is 17.8 Å². The second-order valence-corrected chi connectivity index (χ2v) is 7.48.